The lowest BCUT2D eigenvalue weighted by atomic mass is 9.85. The zero-order valence-electron chi connectivity index (χ0n) is 10.7. The van der Waals surface area contributed by atoms with Crippen LogP contribution in [0.4, 0.5) is 5.69 Å². The van der Waals surface area contributed by atoms with Crippen molar-refractivity contribution in [2.45, 2.75) is 31.3 Å². The van der Waals surface area contributed by atoms with Crippen molar-refractivity contribution in [3.63, 3.8) is 0 Å². The third-order valence-corrected chi connectivity index (χ3v) is 4.31. The Bertz CT molecular complexity index is 432. The van der Waals surface area contributed by atoms with Gasteiger partial charge in [-0.3, -0.25) is 0 Å². The van der Waals surface area contributed by atoms with E-state index in [0.29, 0.717) is 18.0 Å². The van der Waals surface area contributed by atoms with Gasteiger partial charge in [0, 0.05) is 30.8 Å². The molecule has 0 saturated carbocycles. The number of likely N-dealkylation sites (N-methyl/N-ethyl adjacent to an activating group) is 1. The second kappa shape index (κ2) is 3.91. The maximum Gasteiger partial charge on any atom is 0.120 e. The molecule has 3 rings (SSSR count). The van der Waals surface area contributed by atoms with E-state index in [2.05, 4.69) is 42.4 Å². The van der Waals surface area contributed by atoms with E-state index in [1.165, 1.54) is 17.7 Å². The quantitative estimate of drug-likeness (QED) is 0.801. The van der Waals surface area contributed by atoms with Crippen LogP contribution >= 0.6 is 0 Å². The van der Waals surface area contributed by atoms with Gasteiger partial charge in [-0.25, -0.2) is 0 Å². The number of rotatable bonds is 1. The van der Waals surface area contributed by atoms with Crippen molar-refractivity contribution in [2.75, 3.05) is 25.6 Å². The summed E-state index contributed by atoms with van der Waals surface area (Å²) in [6.45, 7) is 3.41. The lowest BCUT2D eigenvalue weighted by Crippen LogP contribution is -2.51. The average Bonchev–Trinajstić information content (AvgIpc) is 2.64. The van der Waals surface area contributed by atoms with Crippen molar-refractivity contribution in [3.05, 3.63) is 23.8 Å². The molecule has 1 N–H and O–H groups in total. The van der Waals surface area contributed by atoms with Crippen molar-refractivity contribution < 1.29 is 4.74 Å². The standard InChI is InChI=1S/C14H20N2O/c1-9-14-12(6-7-15-9)11-5-4-10(17-3)8-13(11)16(14)2/h4-5,8-9,12,14-15H,6-7H2,1-3H3/t9-,12-,14-/m1/s1. The van der Waals surface area contributed by atoms with Gasteiger partial charge < -0.3 is 15.0 Å². The van der Waals surface area contributed by atoms with Crippen molar-refractivity contribution in [2.24, 2.45) is 0 Å². The highest BCUT2D eigenvalue weighted by Crippen LogP contribution is 2.45. The number of piperidine rings is 1. The summed E-state index contributed by atoms with van der Waals surface area (Å²) in [5.74, 6) is 1.63. The molecular weight excluding hydrogens is 212 g/mol. The van der Waals surface area contributed by atoms with Gasteiger partial charge in [0.2, 0.25) is 0 Å². The SMILES string of the molecule is COc1ccc2c(c1)N(C)[C@H]1[C@@H]2CCN[C@@H]1C. The molecule has 17 heavy (non-hydrogen) atoms. The summed E-state index contributed by atoms with van der Waals surface area (Å²) in [6, 6.07) is 7.64. The number of ether oxygens (including phenoxy) is 1. The molecule has 2 heterocycles. The van der Waals surface area contributed by atoms with Crippen LogP contribution < -0.4 is 15.0 Å². The molecule has 2 aliphatic heterocycles. The van der Waals surface area contributed by atoms with Crippen LogP contribution in [0.25, 0.3) is 0 Å². The minimum atomic E-state index is 0.553. The fourth-order valence-corrected chi connectivity index (χ4v) is 3.48. The van der Waals surface area contributed by atoms with Gasteiger partial charge in [0.1, 0.15) is 5.75 Å². The molecule has 3 nitrogen and oxygen atoms in total. The van der Waals surface area contributed by atoms with E-state index in [1.807, 2.05) is 0 Å². The summed E-state index contributed by atoms with van der Waals surface area (Å²) in [7, 11) is 3.93. The van der Waals surface area contributed by atoms with E-state index >= 15 is 0 Å². The molecule has 0 bridgehead atoms. The summed E-state index contributed by atoms with van der Waals surface area (Å²) < 4.78 is 5.33. The zero-order chi connectivity index (χ0) is 12.0. The lowest BCUT2D eigenvalue weighted by Gasteiger charge is -2.37. The van der Waals surface area contributed by atoms with Crippen molar-refractivity contribution in [1.29, 1.82) is 0 Å². The van der Waals surface area contributed by atoms with E-state index < -0.39 is 0 Å². The number of nitrogens with one attached hydrogen (secondary N) is 1. The minimum absolute atomic E-state index is 0.553. The van der Waals surface area contributed by atoms with Crippen LogP contribution in [0.15, 0.2) is 18.2 Å². The second-order valence-corrected chi connectivity index (χ2v) is 5.16. The van der Waals surface area contributed by atoms with E-state index in [4.69, 9.17) is 4.74 Å². The summed E-state index contributed by atoms with van der Waals surface area (Å²) >= 11 is 0. The third kappa shape index (κ3) is 1.53. The zero-order valence-corrected chi connectivity index (χ0v) is 10.7. The normalized spacial score (nSPS) is 31.0. The molecule has 1 aromatic rings. The molecule has 2 aliphatic rings. The number of methoxy groups -OCH3 is 1. The maximum absolute atomic E-state index is 5.33. The van der Waals surface area contributed by atoms with Gasteiger partial charge in [-0.15, -0.1) is 0 Å². The summed E-state index contributed by atoms with van der Waals surface area (Å²) in [5, 5.41) is 3.57. The largest absolute Gasteiger partial charge is 0.497 e. The molecule has 3 atom stereocenters. The summed E-state index contributed by atoms with van der Waals surface area (Å²) in [6.07, 6.45) is 1.23. The van der Waals surface area contributed by atoms with Crippen LogP contribution in [0.3, 0.4) is 0 Å². The molecule has 0 aliphatic carbocycles. The van der Waals surface area contributed by atoms with E-state index in [0.717, 1.165) is 12.3 Å². The minimum Gasteiger partial charge on any atom is -0.497 e. The molecule has 1 aromatic carbocycles. The Hall–Kier alpha value is -1.22. The Kier molecular flexibility index (Phi) is 2.51. The van der Waals surface area contributed by atoms with Gasteiger partial charge in [-0.05, 0) is 31.5 Å². The maximum atomic E-state index is 5.33. The number of hydrogen-bond donors (Lipinski definition) is 1. The Morgan fingerprint density at radius 2 is 2.24 bits per heavy atom. The van der Waals surface area contributed by atoms with Crippen molar-refractivity contribution >= 4 is 5.69 Å². The van der Waals surface area contributed by atoms with E-state index in [-0.39, 0.29) is 0 Å². The average molecular weight is 232 g/mol. The predicted octanol–water partition coefficient (Wildman–Crippen LogP) is 1.98. The van der Waals surface area contributed by atoms with Gasteiger partial charge in [-0.2, -0.15) is 0 Å². The predicted molar refractivity (Wildman–Crippen MR) is 70.0 cm³/mol. The molecule has 0 aromatic heterocycles. The first kappa shape index (κ1) is 10.9. The highest BCUT2D eigenvalue weighted by molar-refractivity contribution is 5.64. The molecular formula is C14H20N2O. The Morgan fingerprint density at radius 1 is 1.41 bits per heavy atom. The summed E-state index contributed by atoms with van der Waals surface area (Å²) in [4.78, 5) is 2.42. The molecule has 0 spiro atoms. The highest BCUT2D eigenvalue weighted by Gasteiger charge is 2.41. The lowest BCUT2D eigenvalue weighted by molar-refractivity contribution is 0.337. The Morgan fingerprint density at radius 3 is 3.00 bits per heavy atom. The van der Waals surface area contributed by atoms with E-state index in [9.17, 15) is 0 Å². The third-order valence-electron chi connectivity index (χ3n) is 4.31. The van der Waals surface area contributed by atoms with Crippen molar-refractivity contribution in [1.82, 2.24) is 5.32 Å². The molecule has 3 heteroatoms. The van der Waals surface area contributed by atoms with Gasteiger partial charge in [0.05, 0.1) is 13.2 Å². The Labute approximate surface area is 103 Å². The Balaban J connectivity index is 2.04. The van der Waals surface area contributed by atoms with Gasteiger partial charge >= 0.3 is 0 Å². The monoisotopic (exact) mass is 232 g/mol. The van der Waals surface area contributed by atoms with Gasteiger partial charge in [0.25, 0.3) is 0 Å². The molecule has 92 valence electrons. The first-order valence-electron chi connectivity index (χ1n) is 6.36. The molecule has 1 fully saturated rings. The van der Waals surface area contributed by atoms with Crippen molar-refractivity contribution in [3.8, 4) is 5.75 Å². The number of hydrogen-bond acceptors (Lipinski definition) is 3. The van der Waals surface area contributed by atoms with Crippen LogP contribution in [0.5, 0.6) is 5.75 Å². The molecule has 0 amide bonds. The second-order valence-electron chi connectivity index (χ2n) is 5.16. The number of anilines is 1. The summed E-state index contributed by atoms with van der Waals surface area (Å²) in [5.41, 5.74) is 2.83. The highest BCUT2D eigenvalue weighted by atomic mass is 16.5. The van der Waals surface area contributed by atoms with Crippen LogP contribution in [0.2, 0.25) is 0 Å². The topological polar surface area (TPSA) is 24.5 Å². The van der Waals surface area contributed by atoms with Gasteiger partial charge in [0.15, 0.2) is 0 Å². The van der Waals surface area contributed by atoms with Crippen LogP contribution in [-0.2, 0) is 0 Å². The van der Waals surface area contributed by atoms with Crippen LogP contribution in [0.1, 0.15) is 24.8 Å². The first-order chi connectivity index (χ1) is 8.22. The fraction of sp³-hybridized carbons (Fsp3) is 0.571. The number of nitrogens with zero attached hydrogens (tertiary/aromatic N) is 1. The fourth-order valence-electron chi connectivity index (χ4n) is 3.48. The van der Waals surface area contributed by atoms with Gasteiger partial charge in [-0.1, -0.05) is 6.07 Å². The van der Waals surface area contributed by atoms with Crippen LogP contribution in [0, 0.1) is 0 Å². The number of benzene rings is 1. The molecule has 0 radical (unpaired) electrons. The first-order valence-corrected chi connectivity index (χ1v) is 6.36. The van der Waals surface area contributed by atoms with E-state index in [1.54, 1.807) is 7.11 Å². The number of fused-ring (bicyclic) bond motifs is 3. The molecule has 1 saturated heterocycles. The van der Waals surface area contributed by atoms with Crippen LogP contribution in [-0.4, -0.2) is 32.8 Å². The molecule has 0 unspecified atom stereocenters. The smallest absolute Gasteiger partial charge is 0.120 e.